The Morgan fingerprint density at radius 3 is 2.68 bits per heavy atom. The number of rotatable bonds is 6. The van der Waals surface area contributed by atoms with Crippen molar-refractivity contribution in [3.8, 4) is 0 Å². The molecule has 1 saturated heterocycles. The maximum atomic E-state index is 13.6. The molecule has 0 saturated carbocycles. The number of hydrogen-bond acceptors (Lipinski definition) is 2. The minimum absolute atomic E-state index is 0. The summed E-state index contributed by atoms with van der Waals surface area (Å²) in [5.74, 6) is 0.463. The Kier molecular flexibility index (Phi) is 10.3. The zero-order chi connectivity index (χ0) is 17.4. The van der Waals surface area contributed by atoms with Crippen molar-refractivity contribution in [3.05, 3.63) is 35.4 Å². The van der Waals surface area contributed by atoms with Gasteiger partial charge in [0.25, 0.3) is 0 Å². The molecule has 1 N–H and O–H groups in total. The van der Waals surface area contributed by atoms with Crippen molar-refractivity contribution in [1.82, 2.24) is 10.2 Å². The van der Waals surface area contributed by atoms with Crippen LogP contribution in [0.2, 0.25) is 0 Å². The van der Waals surface area contributed by atoms with Gasteiger partial charge in [-0.1, -0.05) is 6.07 Å². The van der Waals surface area contributed by atoms with Gasteiger partial charge < -0.3 is 15.0 Å². The summed E-state index contributed by atoms with van der Waals surface area (Å²) in [5, 5.41) is 3.24. The minimum Gasteiger partial charge on any atom is -0.381 e. The first kappa shape index (κ1) is 22.1. The highest BCUT2D eigenvalue weighted by atomic mass is 127. The zero-order valence-electron chi connectivity index (χ0n) is 14.9. The number of nitrogens with zero attached hydrogens (tertiary/aromatic N) is 2. The van der Waals surface area contributed by atoms with Crippen LogP contribution in [0.1, 0.15) is 24.8 Å². The van der Waals surface area contributed by atoms with Crippen LogP contribution >= 0.6 is 24.0 Å². The molecule has 0 amide bonds. The largest absolute Gasteiger partial charge is 0.381 e. The molecule has 0 radical (unpaired) electrons. The molecule has 0 aliphatic carbocycles. The summed E-state index contributed by atoms with van der Waals surface area (Å²) < 4.78 is 31.9. The highest BCUT2D eigenvalue weighted by Gasteiger charge is 2.15. The van der Waals surface area contributed by atoms with Crippen molar-refractivity contribution in [2.45, 2.75) is 25.7 Å². The fraction of sp³-hybridized carbons (Fsp3) is 0.611. The van der Waals surface area contributed by atoms with Crippen molar-refractivity contribution in [2.75, 3.05) is 40.4 Å². The molecule has 0 spiro atoms. The van der Waals surface area contributed by atoms with Crippen LogP contribution in [0, 0.1) is 17.6 Å². The van der Waals surface area contributed by atoms with E-state index in [1.54, 1.807) is 7.05 Å². The second-order valence-corrected chi connectivity index (χ2v) is 6.23. The zero-order valence-corrected chi connectivity index (χ0v) is 17.3. The van der Waals surface area contributed by atoms with Gasteiger partial charge in [0.2, 0.25) is 0 Å². The predicted molar refractivity (Wildman–Crippen MR) is 108 cm³/mol. The van der Waals surface area contributed by atoms with Gasteiger partial charge in [0.05, 0.1) is 0 Å². The molecular weight excluding hydrogens is 439 g/mol. The third-order valence-electron chi connectivity index (χ3n) is 4.48. The molecule has 2 rings (SSSR count). The van der Waals surface area contributed by atoms with Gasteiger partial charge in [0, 0.05) is 46.5 Å². The Labute approximate surface area is 166 Å². The summed E-state index contributed by atoms with van der Waals surface area (Å²) >= 11 is 0. The summed E-state index contributed by atoms with van der Waals surface area (Å²) in [5.41, 5.74) is 0.504. The Hall–Kier alpha value is -0.960. The van der Waals surface area contributed by atoms with Crippen LogP contribution in [0.5, 0.6) is 0 Å². The lowest BCUT2D eigenvalue weighted by Crippen LogP contribution is -2.40. The molecule has 0 aromatic heterocycles. The lowest BCUT2D eigenvalue weighted by atomic mass is 9.96. The number of benzene rings is 1. The Morgan fingerprint density at radius 1 is 1.32 bits per heavy atom. The molecule has 1 heterocycles. The van der Waals surface area contributed by atoms with E-state index >= 15 is 0 Å². The maximum Gasteiger partial charge on any atom is 0.193 e. The SMILES string of the molecule is CN=C(NCCc1ccc(F)cc1F)N(C)CCC1CCOCC1.I. The quantitative estimate of drug-likeness (QED) is 0.396. The van der Waals surface area contributed by atoms with Gasteiger partial charge >= 0.3 is 0 Å². The first-order valence-corrected chi connectivity index (χ1v) is 8.53. The number of guanidine groups is 1. The smallest absolute Gasteiger partial charge is 0.193 e. The van der Waals surface area contributed by atoms with Gasteiger partial charge in [-0.25, -0.2) is 8.78 Å². The topological polar surface area (TPSA) is 36.9 Å². The highest BCUT2D eigenvalue weighted by Crippen LogP contribution is 2.18. The number of hydrogen-bond donors (Lipinski definition) is 1. The standard InChI is InChI=1S/C18H27F2N3O.HI/c1-21-18(23(2)10-6-14-7-11-24-12-8-14)22-9-5-15-3-4-16(19)13-17(15)20;/h3-4,13-14H,5-12H2,1-2H3,(H,21,22);1H. The fourth-order valence-corrected chi connectivity index (χ4v) is 2.94. The fourth-order valence-electron chi connectivity index (χ4n) is 2.94. The first-order chi connectivity index (χ1) is 11.6. The van der Waals surface area contributed by atoms with Gasteiger partial charge in [-0.05, 0) is 43.2 Å². The monoisotopic (exact) mass is 467 g/mol. The molecule has 25 heavy (non-hydrogen) atoms. The molecular formula is C18H28F2IN3O. The van der Waals surface area contributed by atoms with Crippen LogP contribution in [0.3, 0.4) is 0 Å². The van der Waals surface area contributed by atoms with E-state index in [1.165, 1.54) is 12.1 Å². The maximum absolute atomic E-state index is 13.6. The second-order valence-electron chi connectivity index (χ2n) is 6.23. The van der Waals surface area contributed by atoms with Crippen molar-refractivity contribution < 1.29 is 13.5 Å². The lowest BCUT2D eigenvalue weighted by Gasteiger charge is -2.26. The molecule has 0 atom stereocenters. The average Bonchev–Trinajstić information content (AvgIpc) is 2.59. The second kappa shape index (κ2) is 11.6. The normalized spacial score (nSPS) is 15.6. The molecule has 1 aliphatic rings. The Morgan fingerprint density at radius 2 is 2.04 bits per heavy atom. The number of ether oxygens (including phenoxy) is 1. The van der Waals surface area contributed by atoms with E-state index in [-0.39, 0.29) is 24.0 Å². The molecule has 0 bridgehead atoms. The molecule has 142 valence electrons. The number of nitrogens with one attached hydrogen (secondary N) is 1. The third-order valence-corrected chi connectivity index (χ3v) is 4.48. The van der Waals surface area contributed by atoms with E-state index in [0.717, 1.165) is 51.0 Å². The molecule has 4 nitrogen and oxygen atoms in total. The summed E-state index contributed by atoms with van der Waals surface area (Å²) in [7, 11) is 3.75. The summed E-state index contributed by atoms with van der Waals surface area (Å²) in [6, 6.07) is 3.70. The number of halogens is 3. The Balaban J connectivity index is 0.00000312. The van der Waals surface area contributed by atoms with Gasteiger partial charge in [-0.15, -0.1) is 24.0 Å². The van der Waals surface area contributed by atoms with E-state index in [0.29, 0.717) is 24.4 Å². The van der Waals surface area contributed by atoms with Crippen LogP contribution in [-0.4, -0.2) is 51.3 Å². The van der Waals surface area contributed by atoms with E-state index in [4.69, 9.17) is 4.74 Å². The van der Waals surface area contributed by atoms with Gasteiger partial charge in [-0.2, -0.15) is 0 Å². The average molecular weight is 467 g/mol. The van der Waals surface area contributed by atoms with Gasteiger partial charge in [0.1, 0.15) is 11.6 Å². The van der Waals surface area contributed by atoms with Gasteiger partial charge in [0.15, 0.2) is 5.96 Å². The van der Waals surface area contributed by atoms with E-state index < -0.39 is 11.6 Å². The van der Waals surface area contributed by atoms with Crippen LogP contribution < -0.4 is 5.32 Å². The predicted octanol–water partition coefficient (Wildman–Crippen LogP) is 3.45. The molecule has 7 heteroatoms. The summed E-state index contributed by atoms with van der Waals surface area (Å²) in [6.45, 7) is 3.21. The summed E-state index contributed by atoms with van der Waals surface area (Å²) in [4.78, 5) is 6.37. The molecule has 0 unspecified atom stereocenters. The summed E-state index contributed by atoms with van der Waals surface area (Å²) in [6.07, 6.45) is 3.86. The van der Waals surface area contributed by atoms with Crippen LogP contribution in [0.25, 0.3) is 0 Å². The van der Waals surface area contributed by atoms with Crippen molar-refractivity contribution in [3.63, 3.8) is 0 Å². The van der Waals surface area contributed by atoms with E-state index in [1.807, 2.05) is 7.05 Å². The minimum atomic E-state index is -0.548. The van der Waals surface area contributed by atoms with Crippen molar-refractivity contribution in [2.24, 2.45) is 10.9 Å². The van der Waals surface area contributed by atoms with E-state index in [2.05, 4.69) is 15.2 Å². The van der Waals surface area contributed by atoms with Gasteiger partial charge in [-0.3, -0.25) is 4.99 Å². The molecule has 1 fully saturated rings. The molecule has 1 aromatic rings. The first-order valence-electron chi connectivity index (χ1n) is 8.53. The Bertz CT molecular complexity index is 551. The van der Waals surface area contributed by atoms with E-state index in [9.17, 15) is 8.78 Å². The number of aliphatic imine (C=N–C) groups is 1. The highest BCUT2D eigenvalue weighted by molar-refractivity contribution is 14.0. The lowest BCUT2D eigenvalue weighted by molar-refractivity contribution is 0.0625. The van der Waals surface area contributed by atoms with Crippen molar-refractivity contribution >= 4 is 29.9 Å². The molecule has 1 aliphatic heterocycles. The molecule has 1 aromatic carbocycles. The third kappa shape index (κ3) is 7.43. The van der Waals surface area contributed by atoms with Crippen LogP contribution in [-0.2, 0) is 11.2 Å². The van der Waals surface area contributed by atoms with Crippen molar-refractivity contribution in [1.29, 1.82) is 0 Å². The van der Waals surface area contributed by atoms with Crippen LogP contribution in [0.15, 0.2) is 23.2 Å². The van der Waals surface area contributed by atoms with Crippen LogP contribution in [0.4, 0.5) is 8.78 Å².